The number of carbonyl (C=O) groups excluding carboxylic acids is 1. The van der Waals surface area contributed by atoms with Gasteiger partial charge in [-0.2, -0.15) is 0 Å². The van der Waals surface area contributed by atoms with Gasteiger partial charge in [0.15, 0.2) is 5.75 Å². The van der Waals surface area contributed by atoms with Crippen molar-refractivity contribution in [1.82, 2.24) is 0 Å². The molecule has 2 N–H and O–H groups in total. The van der Waals surface area contributed by atoms with Crippen molar-refractivity contribution in [3.05, 3.63) is 22.2 Å². The minimum absolute atomic E-state index is 0.0167. The summed E-state index contributed by atoms with van der Waals surface area (Å²) in [5, 5.41) is 12.0. The molecular formula is C14H16ClNO4. The molecular weight excluding hydrogens is 282 g/mol. The van der Waals surface area contributed by atoms with E-state index < -0.39 is 5.97 Å². The summed E-state index contributed by atoms with van der Waals surface area (Å²) in [5.74, 6) is -0.951. The molecule has 20 heavy (non-hydrogen) atoms. The zero-order valence-corrected chi connectivity index (χ0v) is 12.1. The second kappa shape index (κ2) is 5.71. The third-order valence-corrected chi connectivity index (χ3v) is 3.83. The predicted molar refractivity (Wildman–Crippen MR) is 75.4 cm³/mol. The maximum atomic E-state index is 12.1. The van der Waals surface area contributed by atoms with Gasteiger partial charge in [-0.25, -0.2) is 0 Å². The van der Waals surface area contributed by atoms with Crippen molar-refractivity contribution in [3.8, 4) is 5.75 Å². The number of hydrogen-bond donors (Lipinski definition) is 2. The summed E-state index contributed by atoms with van der Waals surface area (Å²) in [6.07, 6.45) is 0.815. The third-order valence-electron chi connectivity index (χ3n) is 3.55. The molecule has 0 aromatic heterocycles. The fraction of sp³-hybridized carbons (Fsp3) is 0.429. The number of ether oxygens (including phenoxy) is 1. The number of carboxylic acid groups (broad SMARTS) is 1. The highest BCUT2D eigenvalue weighted by Crippen LogP contribution is 2.42. The Morgan fingerprint density at radius 2 is 2.30 bits per heavy atom. The molecule has 1 aliphatic rings. The molecule has 0 saturated carbocycles. The number of carbonyl (C=O) groups is 2. The van der Waals surface area contributed by atoms with Crippen LogP contribution in [0.15, 0.2) is 6.07 Å². The van der Waals surface area contributed by atoms with E-state index in [2.05, 4.69) is 5.32 Å². The highest BCUT2D eigenvalue weighted by Gasteiger charge is 2.30. The maximum Gasteiger partial charge on any atom is 0.303 e. The molecule has 2 rings (SSSR count). The molecule has 1 aromatic carbocycles. The van der Waals surface area contributed by atoms with Crippen molar-refractivity contribution < 1.29 is 19.4 Å². The van der Waals surface area contributed by atoms with Gasteiger partial charge in [0, 0.05) is 12.3 Å². The molecule has 1 atom stereocenters. The monoisotopic (exact) mass is 297 g/mol. The van der Waals surface area contributed by atoms with Crippen LogP contribution in [-0.2, 0) is 16.0 Å². The largest absolute Gasteiger partial charge is 0.493 e. The minimum atomic E-state index is -0.894. The Labute approximate surface area is 121 Å². The van der Waals surface area contributed by atoms with Gasteiger partial charge in [-0.1, -0.05) is 11.6 Å². The van der Waals surface area contributed by atoms with Gasteiger partial charge in [0.05, 0.1) is 17.8 Å². The third kappa shape index (κ3) is 2.72. The van der Waals surface area contributed by atoms with Gasteiger partial charge in [-0.05, 0) is 37.0 Å². The zero-order chi connectivity index (χ0) is 14.9. The van der Waals surface area contributed by atoms with Crippen molar-refractivity contribution in [1.29, 1.82) is 0 Å². The molecule has 0 bridgehead atoms. The summed E-state index contributed by atoms with van der Waals surface area (Å²) >= 11 is 6.10. The lowest BCUT2D eigenvalue weighted by Crippen LogP contribution is -2.31. The van der Waals surface area contributed by atoms with Crippen LogP contribution in [0.25, 0.3) is 0 Å². The van der Waals surface area contributed by atoms with Crippen molar-refractivity contribution in [2.45, 2.75) is 26.2 Å². The number of aliphatic carboxylic acids is 1. The van der Waals surface area contributed by atoms with Crippen molar-refractivity contribution in [2.75, 3.05) is 12.4 Å². The standard InChI is InChI=1S/C14H16ClNO4/c1-7-5-10(15)13(20-2)12-9(7)6-8(14(19)16-12)3-4-11(17)18/h5,8H,3-4,6H2,1-2H3,(H,16,19)(H,17,18). The Balaban J connectivity index is 2.34. The van der Waals surface area contributed by atoms with Crippen LogP contribution in [0.2, 0.25) is 5.02 Å². The Kier molecular flexibility index (Phi) is 4.18. The highest BCUT2D eigenvalue weighted by molar-refractivity contribution is 6.33. The number of nitrogens with one attached hydrogen (secondary N) is 1. The van der Waals surface area contributed by atoms with E-state index in [0.29, 0.717) is 29.3 Å². The summed E-state index contributed by atoms with van der Waals surface area (Å²) < 4.78 is 5.24. The molecule has 1 unspecified atom stereocenters. The van der Waals surface area contributed by atoms with Gasteiger partial charge in [0.25, 0.3) is 0 Å². The number of anilines is 1. The maximum absolute atomic E-state index is 12.1. The van der Waals surface area contributed by atoms with Crippen LogP contribution >= 0.6 is 11.6 Å². The smallest absolute Gasteiger partial charge is 0.303 e. The van der Waals surface area contributed by atoms with Crippen LogP contribution in [-0.4, -0.2) is 24.1 Å². The minimum Gasteiger partial charge on any atom is -0.493 e. The predicted octanol–water partition coefficient (Wildman–Crippen LogP) is 2.63. The fourth-order valence-corrected chi connectivity index (χ4v) is 2.82. The number of hydrogen-bond acceptors (Lipinski definition) is 3. The number of methoxy groups -OCH3 is 1. The zero-order valence-electron chi connectivity index (χ0n) is 11.3. The first kappa shape index (κ1) is 14.7. The average molecular weight is 298 g/mol. The van der Waals surface area contributed by atoms with Crippen LogP contribution in [0.1, 0.15) is 24.0 Å². The quantitative estimate of drug-likeness (QED) is 0.896. The normalized spacial score (nSPS) is 17.4. The average Bonchev–Trinajstić information content (AvgIpc) is 2.37. The Bertz CT molecular complexity index is 571. The van der Waals surface area contributed by atoms with E-state index in [1.807, 2.05) is 6.92 Å². The lowest BCUT2D eigenvalue weighted by molar-refractivity contribution is -0.137. The van der Waals surface area contributed by atoms with E-state index in [4.69, 9.17) is 21.4 Å². The molecule has 1 heterocycles. The fourth-order valence-electron chi connectivity index (χ4n) is 2.49. The molecule has 0 saturated heterocycles. The van der Waals surface area contributed by atoms with Crippen LogP contribution in [0.4, 0.5) is 5.69 Å². The number of fused-ring (bicyclic) bond motifs is 1. The van der Waals surface area contributed by atoms with Crippen LogP contribution in [0.3, 0.4) is 0 Å². The molecule has 1 aromatic rings. The van der Waals surface area contributed by atoms with E-state index in [1.54, 1.807) is 6.07 Å². The van der Waals surface area contributed by atoms with Crippen molar-refractivity contribution in [2.24, 2.45) is 5.92 Å². The summed E-state index contributed by atoms with van der Waals surface area (Å²) in [6, 6.07) is 1.80. The van der Waals surface area contributed by atoms with Crippen LogP contribution < -0.4 is 10.1 Å². The Morgan fingerprint density at radius 1 is 1.60 bits per heavy atom. The number of halogens is 1. The van der Waals surface area contributed by atoms with Gasteiger partial charge in [-0.3, -0.25) is 9.59 Å². The van der Waals surface area contributed by atoms with Gasteiger partial charge >= 0.3 is 5.97 Å². The van der Waals surface area contributed by atoms with E-state index >= 15 is 0 Å². The van der Waals surface area contributed by atoms with Crippen molar-refractivity contribution >= 4 is 29.2 Å². The first-order chi connectivity index (χ1) is 9.43. The molecule has 5 nitrogen and oxygen atoms in total. The van der Waals surface area contributed by atoms with E-state index in [9.17, 15) is 9.59 Å². The van der Waals surface area contributed by atoms with Gasteiger partial charge in [0.2, 0.25) is 5.91 Å². The SMILES string of the molecule is COc1c(Cl)cc(C)c2c1NC(=O)C(CCC(=O)O)C2. The summed E-state index contributed by atoms with van der Waals surface area (Å²) in [7, 11) is 1.50. The lowest BCUT2D eigenvalue weighted by atomic mass is 9.87. The second-order valence-electron chi connectivity index (χ2n) is 4.88. The number of rotatable bonds is 4. The van der Waals surface area contributed by atoms with Crippen molar-refractivity contribution in [3.63, 3.8) is 0 Å². The van der Waals surface area contributed by atoms with Crippen LogP contribution in [0, 0.1) is 12.8 Å². The van der Waals surface area contributed by atoms with Gasteiger partial charge < -0.3 is 15.2 Å². The van der Waals surface area contributed by atoms with E-state index in [1.165, 1.54) is 7.11 Å². The number of amides is 1. The summed E-state index contributed by atoms with van der Waals surface area (Å²) in [6.45, 7) is 1.91. The topological polar surface area (TPSA) is 75.6 Å². The Morgan fingerprint density at radius 3 is 2.90 bits per heavy atom. The van der Waals surface area contributed by atoms with Gasteiger partial charge in [0.1, 0.15) is 0 Å². The first-order valence-corrected chi connectivity index (χ1v) is 6.70. The van der Waals surface area contributed by atoms with Gasteiger partial charge in [-0.15, -0.1) is 0 Å². The summed E-state index contributed by atoms with van der Waals surface area (Å²) in [4.78, 5) is 22.7. The second-order valence-corrected chi connectivity index (χ2v) is 5.29. The molecule has 1 aliphatic heterocycles. The molecule has 0 fully saturated rings. The lowest BCUT2D eigenvalue weighted by Gasteiger charge is -2.27. The molecule has 108 valence electrons. The van der Waals surface area contributed by atoms with E-state index in [-0.39, 0.29) is 18.2 Å². The highest BCUT2D eigenvalue weighted by atomic mass is 35.5. The molecule has 1 amide bonds. The number of aryl methyl sites for hydroxylation is 1. The van der Waals surface area contributed by atoms with Crippen LogP contribution in [0.5, 0.6) is 5.75 Å². The molecule has 0 aliphatic carbocycles. The van der Waals surface area contributed by atoms with E-state index in [0.717, 1.165) is 11.1 Å². The number of carboxylic acids is 1. The molecule has 6 heteroatoms. The number of benzene rings is 1. The molecule has 0 spiro atoms. The summed E-state index contributed by atoms with van der Waals surface area (Å²) in [5.41, 5.74) is 2.53. The Hall–Kier alpha value is -1.75. The first-order valence-electron chi connectivity index (χ1n) is 6.32. The molecule has 0 radical (unpaired) electrons.